The predicted octanol–water partition coefficient (Wildman–Crippen LogP) is 3.05. The van der Waals surface area contributed by atoms with Crippen LogP contribution in [0.3, 0.4) is 0 Å². The van der Waals surface area contributed by atoms with Crippen molar-refractivity contribution < 1.29 is 4.39 Å². The minimum atomic E-state index is -0.133. The summed E-state index contributed by atoms with van der Waals surface area (Å²) in [7, 11) is 0. The van der Waals surface area contributed by atoms with Crippen LogP contribution in [0.15, 0.2) is 47.7 Å². The summed E-state index contributed by atoms with van der Waals surface area (Å²) in [5.74, 6) is 1.58. The number of aromatic nitrogens is 2. The highest BCUT2D eigenvalue weighted by atomic mass is 127. The minimum absolute atomic E-state index is 0. The number of piperazine rings is 1. The molecule has 1 N–H and O–H groups in total. The van der Waals surface area contributed by atoms with Crippen molar-refractivity contribution in [3.05, 3.63) is 54.1 Å². The first kappa shape index (κ1) is 21.7. The van der Waals surface area contributed by atoms with Crippen molar-refractivity contribution in [2.45, 2.75) is 25.2 Å². The van der Waals surface area contributed by atoms with Gasteiger partial charge in [0, 0.05) is 50.5 Å². The first-order chi connectivity index (χ1) is 13.7. The van der Waals surface area contributed by atoms with Crippen molar-refractivity contribution in [3.63, 3.8) is 0 Å². The third-order valence-electron chi connectivity index (χ3n) is 5.58. The van der Waals surface area contributed by atoms with E-state index in [4.69, 9.17) is 4.99 Å². The van der Waals surface area contributed by atoms with Crippen LogP contribution in [0.4, 0.5) is 10.3 Å². The summed E-state index contributed by atoms with van der Waals surface area (Å²) in [6, 6.07) is 8.95. The summed E-state index contributed by atoms with van der Waals surface area (Å²) < 4.78 is 14.3. The number of benzene rings is 1. The lowest BCUT2D eigenvalue weighted by atomic mass is 9.95. The predicted molar refractivity (Wildman–Crippen MR) is 125 cm³/mol. The van der Waals surface area contributed by atoms with Crippen LogP contribution in [-0.4, -0.2) is 60.1 Å². The van der Waals surface area contributed by atoms with E-state index in [1.165, 1.54) is 0 Å². The van der Waals surface area contributed by atoms with E-state index < -0.39 is 0 Å². The molecule has 1 aliphatic carbocycles. The minimum Gasteiger partial charge on any atom is -0.357 e. The second kappa shape index (κ2) is 9.69. The Kier molecular flexibility index (Phi) is 7.26. The number of rotatable bonds is 5. The van der Waals surface area contributed by atoms with Gasteiger partial charge in [-0.2, -0.15) is 0 Å². The SMILES string of the molecule is CCNC(=NCC1(c2ccccc2F)CC1)N1CCN(c2ncccn2)CC1.I. The molecule has 2 aliphatic rings. The van der Waals surface area contributed by atoms with Crippen molar-refractivity contribution in [1.82, 2.24) is 20.2 Å². The van der Waals surface area contributed by atoms with Gasteiger partial charge in [-0.15, -0.1) is 24.0 Å². The summed E-state index contributed by atoms with van der Waals surface area (Å²) in [4.78, 5) is 18.1. The Labute approximate surface area is 188 Å². The smallest absolute Gasteiger partial charge is 0.225 e. The highest BCUT2D eigenvalue weighted by Gasteiger charge is 2.46. The fourth-order valence-electron chi connectivity index (χ4n) is 3.78. The quantitative estimate of drug-likeness (QED) is 0.381. The van der Waals surface area contributed by atoms with Crippen molar-refractivity contribution in [1.29, 1.82) is 0 Å². The summed E-state index contributed by atoms with van der Waals surface area (Å²) in [5, 5.41) is 3.41. The molecule has 0 atom stereocenters. The Morgan fingerprint density at radius 2 is 1.79 bits per heavy atom. The zero-order valence-electron chi connectivity index (χ0n) is 16.7. The maximum absolute atomic E-state index is 14.3. The molecule has 1 aliphatic heterocycles. The number of nitrogens with one attached hydrogen (secondary N) is 1. The maximum atomic E-state index is 14.3. The number of guanidine groups is 1. The lowest BCUT2D eigenvalue weighted by molar-refractivity contribution is 0.369. The average molecular weight is 510 g/mol. The van der Waals surface area contributed by atoms with Crippen molar-refractivity contribution in [3.8, 4) is 0 Å². The van der Waals surface area contributed by atoms with Crippen molar-refractivity contribution >= 4 is 35.9 Å². The maximum Gasteiger partial charge on any atom is 0.225 e. The normalized spacial score (nSPS) is 18.2. The zero-order valence-corrected chi connectivity index (χ0v) is 19.1. The molecule has 4 rings (SSSR count). The molecule has 6 nitrogen and oxygen atoms in total. The molecule has 2 aromatic rings. The standard InChI is InChI=1S/C21H27FN6.HI/c1-2-23-19(26-16-21(8-9-21)17-6-3-4-7-18(17)22)27-12-14-28(15-13-27)20-24-10-5-11-25-20;/h3-7,10-11H,2,8-9,12-16H2,1H3,(H,23,26);1H. The van der Waals surface area contributed by atoms with E-state index in [2.05, 4.69) is 32.0 Å². The van der Waals surface area contributed by atoms with E-state index in [0.717, 1.165) is 63.0 Å². The van der Waals surface area contributed by atoms with Gasteiger partial charge in [0.25, 0.3) is 0 Å². The van der Waals surface area contributed by atoms with Gasteiger partial charge in [-0.3, -0.25) is 4.99 Å². The number of nitrogens with zero attached hydrogens (tertiary/aromatic N) is 5. The Morgan fingerprint density at radius 1 is 1.10 bits per heavy atom. The third kappa shape index (κ3) is 4.96. The van der Waals surface area contributed by atoms with Crippen LogP contribution in [0.25, 0.3) is 0 Å². The van der Waals surface area contributed by atoms with E-state index in [-0.39, 0.29) is 35.2 Å². The van der Waals surface area contributed by atoms with Gasteiger partial charge >= 0.3 is 0 Å². The van der Waals surface area contributed by atoms with Crippen LogP contribution in [0, 0.1) is 5.82 Å². The highest BCUT2D eigenvalue weighted by Crippen LogP contribution is 2.49. The lowest BCUT2D eigenvalue weighted by Gasteiger charge is -2.36. The van der Waals surface area contributed by atoms with E-state index in [0.29, 0.717) is 6.54 Å². The monoisotopic (exact) mass is 510 g/mol. The molecule has 1 saturated carbocycles. The van der Waals surface area contributed by atoms with Crippen LogP contribution in [0.2, 0.25) is 0 Å². The molecule has 0 unspecified atom stereocenters. The fraction of sp³-hybridized carbons (Fsp3) is 0.476. The van der Waals surface area contributed by atoms with Crippen molar-refractivity contribution in [2.75, 3.05) is 44.2 Å². The van der Waals surface area contributed by atoms with E-state index >= 15 is 0 Å². The van der Waals surface area contributed by atoms with E-state index in [1.54, 1.807) is 24.5 Å². The molecule has 156 valence electrons. The molecule has 2 fully saturated rings. The van der Waals surface area contributed by atoms with Crippen LogP contribution in [-0.2, 0) is 5.41 Å². The van der Waals surface area contributed by atoms with Gasteiger partial charge in [-0.05, 0) is 37.5 Å². The second-order valence-corrected chi connectivity index (χ2v) is 7.45. The summed E-state index contributed by atoms with van der Waals surface area (Å²) in [5.41, 5.74) is 0.673. The molecule has 1 aromatic carbocycles. The van der Waals surface area contributed by atoms with Crippen molar-refractivity contribution in [2.24, 2.45) is 4.99 Å². The molecule has 1 aromatic heterocycles. The van der Waals surface area contributed by atoms with E-state index in [1.807, 2.05) is 18.2 Å². The highest BCUT2D eigenvalue weighted by molar-refractivity contribution is 14.0. The van der Waals surface area contributed by atoms with Crippen LogP contribution in [0.5, 0.6) is 0 Å². The Bertz CT molecular complexity index is 819. The van der Waals surface area contributed by atoms with Gasteiger partial charge in [-0.25, -0.2) is 14.4 Å². The molecule has 1 saturated heterocycles. The third-order valence-corrected chi connectivity index (χ3v) is 5.58. The molecule has 0 amide bonds. The van der Waals surface area contributed by atoms with Gasteiger partial charge in [0.1, 0.15) is 5.82 Å². The van der Waals surface area contributed by atoms with E-state index in [9.17, 15) is 4.39 Å². The first-order valence-corrected chi connectivity index (χ1v) is 10.0. The van der Waals surface area contributed by atoms with Gasteiger partial charge in [0.2, 0.25) is 5.95 Å². The topological polar surface area (TPSA) is 56.7 Å². The zero-order chi connectivity index (χ0) is 19.4. The van der Waals surface area contributed by atoms with Gasteiger partial charge < -0.3 is 15.1 Å². The second-order valence-electron chi connectivity index (χ2n) is 7.45. The molecule has 2 heterocycles. The number of anilines is 1. The first-order valence-electron chi connectivity index (χ1n) is 10.0. The molecular weight excluding hydrogens is 482 g/mol. The average Bonchev–Trinajstić information content (AvgIpc) is 3.53. The molecule has 8 heteroatoms. The van der Waals surface area contributed by atoms with Crippen LogP contribution < -0.4 is 10.2 Å². The van der Waals surface area contributed by atoms with Gasteiger partial charge in [-0.1, -0.05) is 18.2 Å². The fourth-order valence-corrected chi connectivity index (χ4v) is 3.78. The molecule has 0 radical (unpaired) electrons. The Balaban J connectivity index is 0.00000240. The number of halogens is 2. The molecule has 0 spiro atoms. The number of aliphatic imine (C=N–C) groups is 1. The largest absolute Gasteiger partial charge is 0.357 e. The Hall–Kier alpha value is -1.97. The number of hydrogen-bond acceptors (Lipinski definition) is 4. The summed E-state index contributed by atoms with van der Waals surface area (Å²) in [6.45, 7) is 6.94. The molecule has 29 heavy (non-hydrogen) atoms. The van der Waals surface area contributed by atoms with Crippen LogP contribution >= 0.6 is 24.0 Å². The lowest BCUT2D eigenvalue weighted by Crippen LogP contribution is -2.53. The molecular formula is C21H28FIN6. The van der Waals surface area contributed by atoms with Gasteiger partial charge in [0.05, 0.1) is 6.54 Å². The summed E-state index contributed by atoms with van der Waals surface area (Å²) >= 11 is 0. The number of hydrogen-bond donors (Lipinski definition) is 1. The molecule has 0 bridgehead atoms. The summed E-state index contributed by atoms with van der Waals surface area (Å²) in [6.07, 6.45) is 5.54. The van der Waals surface area contributed by atoms with Crippen LogP contribution in [0.1, 0.15) is 25.3 Å². The Morgan fingerprint density at radius 3 is 2.41 bits per heavy atom. The van der Waals surface area contributed by atoms with Gasteiger partial charge in [0.15, 0.2) is 5.96 Å².